The molecule has 0 bridgehead atoms. The molecule has 2 rings (SSSR count). The Morgan fingerprint density at radius 1 is 1.53 bits per heavy atom. The summed E-state index contributed by atoms with van der Waals surface area (Å²) in [5, 5.41) is 9.22. The Bertz CT molecular complexity index is 606. The van der Waals surface area contributed by atoms with E-state index in [2.05, 4.69) is 15.8 Å². The van der Waals surface area contributed by atoms with Crippen molar-refractivity contribution in [2.75, 3.05) is 0 Å². The Balaban J connectivity index is 2.30. The van der Waals surface area contributed by atoms with E-state index in [0.29, 0.717) is 25.2 Å². The summed E-state index contributed by atoms with van der Waals surface area (Å²) >= 11 is 0. The average Bonchev–Trinajstić information content (AvgIpc) is 2.96. The first-order chi connectivity index (χ1) is 8.92. The van der Waals surface area contributed by atoms with Crippen LogP contribution in [0.5, 0.6) is 0 Å². The smallest absolute Gasteiger partial charge is 0.260 e. The quantitative estimate of drug-likeness (QED) is 0.902. The van der Waals surface area contributed by atoms with Gasteiger partial charge in [-0.15, -0.1) is 0 Å². The first kappa shape index (κ1) is 14.0. The van der Waals surface area contributed by atoms with E-state index in [0.717, 1.165) is 12.8 Å². The fourth-order valence-electron chi connectivity index (χ4n) is 2.45. The van der Waals surface area contributed by atoms with E-state index in [1.54, 1.807) is 11.5 Å². The van der Waals surface area contributed by atoms with E-state index in [1.807, 2.05) is 6.92 Å². The highest BCUT2D eigenvalue weighted by Gasteiger charge is 2.39. The van der Waals surface area contributed by atoms with Crippen molar-refractivity contribution in [2.24, 2.45) is 0 Å². The van der Waals surface area contributed by atoms with Crippen molar-refractivity contribution in [3.8, 4) is 6.07 Å². The largest absolute Gasteiger partial charge is 0.334 e. The van der Waals surface area contributed by atoms with Gasteiger partial charge in [0.05, 0.1) is 6.07 Å². The number of imidazole rings is 1. The minimum absolute atomic E-state index is 0.00613. The molecule has 0 saturated heterocycles. The molecule has 0 unspecified atom stereocenters. The van der Waals surface area contributed by atoms with Crippen LogP contribution in [-0.4, -0.2) is 23.5 Å². The molecule has 7 heteroatoms. The van der Waals surface area contributed by atoms with Crippen LogP contribution in [0, 0.1) is 18.3 Å². The second-order valence-electron chi connectivity index (χ2n) is 4.92. The molecule has 0 atom stereocenters. The molecule has 104 valence electrons. The number of nitriles is 1. The molecule has 1 aliphatic carbocycles. The van der Waals surface area contributed by atoms with Crippen molar-refractivity contribution in [3.63, 3.8) is 0 Å². The van der Waals surface area contributed by atoms with Gasteiger partial charge in [0, 0.05) is 12.7 Å². The molecule has 0 spiro atoms. The molecule has 6 nitrogen and oxygen atoms in total. The lowest BCUT2D eigenvalue weighted by atomic mass is 10.0. The van der Waals surface area contributed by atoms with Crippen LogP contribution in [0.1, 0.15) is 38.4 Å². The maximum Gasteiger partial charge on any atom is 0.260 e. The van der Waals surface area contributed by atoms with Crippen LogP contribution < -0.4 is 4.72 Å². The van der Waals surface area contributed by atoms with Gasteiger partial charge in [0.15, 0.2) is 5.03 Å². The van der Waals surface area contributed by atoms with Gasteiger partial charge in [-0.05, 0) is 26.7 Å². The topological polar surface area (TPSA) is 87.8 Å². The lowest BCUT2D eigenvalue weighted by Gasteiger charge is -2.20. The SMILES string of the molecule is CCn1cc(S(=O)(=O)NC2(C#N)CCCC2)nc1C. The predicted molar refractivity (Wildman–Crippen MR) is 69.8 cm³/mol. The monoisotopic (exact) mass is 282 g/mol. The molecule has 1 fully saturated rings. The second kappa shape index (κ2) is 4.94. The van der Waals surface area contributed by atoms with Crippen LogP contribution >= 0.6 is 0 Å². The highest BCUT2D eigenvalue weighted by Crippen LogP contribution is 2.30. The highest BCUT2D eigenvalue weighted by atomic mass is 32.2. The summed E-state index contributed by atoms with van der Waals surface area (Å²) in [5.74, 6) is 0.653. The zero-order valence-electron chi connectivity index (χ0n) is 11.2. The third-order valence-corrected chi connectivity index (χ3v) is 4.98. The molecule has 0 aromatic carbocycles. The van der Waals surface area contributed by atoms with Gasteiger partial charge >= 0.3 is 0 Å². The van der Waals surface area contributed by atoms with Crippen LogP contribution in [-0.2, 0) is 16.6 Å². The number of nitrogens with zero attached hydrogens (tertiary/aromatic N) is 3. The van der Waals surface area contributed by atoms with Crippen LogP contribution in [0.4, 0.5) is 0 Å². The van der Waals surface area contributed by atoms with Crippen molar-refractivity contribution in [2.45, 2.75) is 56.6 Å². The van der Waals surface area contributed by atoms with E-state index < -0.39 is 15.6 Å². The number of rotatable bonds is 4. The van der Waals surface area contributed by atoms with Gasteiger partial charge < -0.3 is 4.57 Å². The molecule has 0 amide bonds. The molecular formula is C12H18N4O2S. The van der Waals surface area contributed by atoms with Gasteiger partial charge in [-0.3, -0.25) is 0 Å². The zero-order valence-corrected chi connectivity index (χ0v) is 12.0. The standard InChI is InChI=1S/C12H18N4O2S/c1-3-16-8-11(14-10(16)2)19(17,18)15-12(9-13)6-4-5-7-12/h8,15H,3-7H2,1-2H3. The van der Waals surface area contributed by atoms with E-state index >= 15 is 0 Å². The number of hydrogen-bond donors (Lipinski definition) is 1. The third-order valence-electron chi connectivity index (χ3n) is 3.57. The predicted octanol–water partition coefficient (Wildman–Crippen LogP) is 1.33. The maximum absolute atomic E-state index is 12.3. The molecule has 0 aliphatic heterocycles. The lowest BCUT2D eigenvalue weighted by molar-refractivity contribution is 0.483. The Morgan fingerprint density at radius 3 is 2.63 bits per heavy atom. The Labute approximate surface area is 113 Å². The van der Waals surface area contributed by atoms with Crippen LogP contribution in [0.2, 0.25) is 0 Å². The molecule has 1 aromatic heterocycles. The molecule has 1 aromatic rings. The highest BCUT2D eigenvalue weighted by molar-refractivity contribution is 7.89. The first-order valence-electron chi connectivity index (χ1n) is 6.41. The van der Waals surface area contributed by atoms with Crippen molar-refractivity contribution in [3.05, 3.63) is 12.0 Å². The van der Waals surface area contributed by atoms with Crippen LogP contribution in [0.3, 0.4) is 0 Å². The van der Waals surface area contributed by atoms with E-state index in [4.69, 9.17) is 0 Å². The number of nitrogens with one attached hydrogen (secondary N) is 1. The molecule has 0 radical (unpaired) electrons. The fraction of sp³-hybridized carbons (Fsp3) is 0.667. The summed E-state index contributed by atoms with van der Waals surface area (Å²) in [6.45, 7) is 4.35. The van der Waals surface area contributed by atoms with E-state index in [1.165, 1.54) is 6.20 Å². The fourth-order valence-corrected chi connectivity index (χ4v) is 3.84. The Hall–Kier alpha value is -1.39. The van der Waals surface area contributed by atoms with Crippen LogP contribution in [0.25, 0.3) is 0 Å². The number of sulfonamides is 1. The molecular weight excluding hydrogens is 264 g/mol. The molecule has 1 heterocycles. The van der Waals surface area contributed by atoms with Crippen LogP contribution in [0.15, 0.2) is 11.2 Å². The number of hydrogen-bond acceptors (Lipinski definition) is 4. The molecule has 19 heavy (non-hydrogen) atoms. The summed E-state index contributed by atoms with van der Waals surface area (Å²) < 4.78 is 28.9. The normalized spacial score (nSPS) is 18.4. The van der Waals surface area contributed by atoms with Gasteiger partial charge in [0.2, 0.25) is 0 Å². The van der Waals surface area contributed by atoms with Crippen molar-refractivity contribution in [1.82, 2.24) is 14.3 Å². The summed E-state index contributed by atoms with van der Waals surface area (Å²) in [7, 11) is -3.73. The lowest BCUT2D eigenvalue weighted by Crippen LogP contribution is -2.45. The summed E-state index contributed by atoms with van der Waals surface area (Å²) in [6.07, 6.45) is 4.39. The minimum atomic E-state index is -3.73. The zero-order chi connectivity index (χ0) is 14.1. The second-order valence-corrected chi connectivity index (χ2v) is 6.55. The van der Waals surface area contributed by atoms with Gasteiger partial charge in [0.1, 0.15) is 11.4 Å². The number of aromatic nitrogens is 2. The summed E-state index contributed by atoms with van der Waals surface area (Å²) in [4.78, 5) is 4.06. The van der Waals surface area contributed by atoms with Gasteiger partial charge in [-0.2, -0.15) is 9.98 Å². The summed E-state index contributed by atoms with van der Waals surface area (Å²) in [5.41, 5.74) is -0.956. The first-order valence-corrected chi connectivity index (χ1v) is 7.90. The number of aryl methyl sites for hydroxylation is 2. The molecule has 1 saturated carbocycles. The van der Waals surface area contributed by atoms with E-state index in [9.17, 15) is 13.7 Å². The summed E-state index contributed by atoms with van der Waals surface area (Å²) in [6, 6.07) is 2.11. The van der Waals surface area contributed by atoms with Crippen molar-refractivity contribution in [1.29, 1.82) is 5.26 Å². The van der Waals surface area contributed by atoms with Crippen molar-refractivity contribution < 1.29 is 8.42 Å². The Morgan fingerprint density at radius 2 is 2.16 bits per heavy atom. The third kappa shape index (κ3) is 2.65. The van der Waals surface area contributed by atoms with Gasteiger partial charge in [-0.1, -0.05) is 12.8 Å². The van der Waals surface area contributed by atoms with Gasteiger partial charge in [0.25, 0.3) is 10.0 Å². The molecule has 1 aliphatic rings. The maximum atomic E-state index is 12.3. The average molecular weight is 282 g/mol. The Kier molecular flexibility index (Phi) is 3.65. The van der Waals surface area contributed by atoms with E-state index in [-0.39, 0.29) is 5.03 Å². The van der Waals surface area contributed by atoms with Gasteiger partial charge in [-0.25, -0.2) is 13.4 Å². The molecule has 1 N–H and O–H groups in total. The van der Waals surface area contributed by atoms with Crippen molar-refractivity contribution >= 4 is 10.0 Å². The minimum Gasteiger partial charge on any atom is -0.334 e.